The standard InChI is InChI=1S/C24H25N5O3/c1-3-11-29-19-8-5-4-7-18(19)25-24(29)26-23(30)17-15-28(2)27-22(17)16-9-10-20-21(14-16)32-13-6-12-31-20/h4-5,7-10,14-15H,3,6,11-13H2,1-2H3,(H,25,26,30). The first kappa shape index (κ1) is 20.1. The molecule has 1 aliphatic rings. The number of carbonyl (C=O) groups excluding carboxylic acids is 1. The predicted molar refractivity (Wildman–Crippen MR) is 122 cm³/mol. The van der Waals surface area contributed by atoms with Crippen LogP contribution >= 0.6 is 0 Å². The minimum atomic E-state index is -0.257. The van der Waals surface area contributed by atoms with Gasteiger partial charge in [-0.15, -0.1) is 0 Å². The van der Waals surface area contributed by atoms with Gasteiger partial charge in [0.25, 0.3) is 5.91 Å². The van der Waals surface area contributed by atoms with Gasteiger partial charge in [0.1, 0.15) is 5.69 Å². The third kappa shape index (κ3) is 3.68. The summed E-state index contributed by atoms with van der Waals surface area (Å²) in [4.78, 5) is 18.0. The summed E-state index contributed by atoms with van der Waals surface area (Å²) in [5, 5.41) is 7.55. The van der Waals surface area contributed by atoms with Gasteiger partial charge in [0, 0.05) is 31.8 Å². The Morgan fingerprint density at radius 2 is 1.94 bits per heavy atom. The van der Waals surface area contributed by atoms with E-state index in [1.54, 1.807) is 17.9 Å². The molecule has 3 heterocycles. The molecule has 8 heteroatoms. The van der Waals surface area contributed by atoms with Crippen LogP contribution in [0.5, 0.6) is 11.5 Å². The number of ether oxygens (including phenoxy) is 2. The molecular weight excluding hydrogens is 406 g/mol. The molecule has 2 aromatic heterocycles. The number of hydrogen-bond acceptors (Lipinski definition) is 5. The maximum absolute atomic E-state index is 13.3. The Hall–Kier alpha value is -3.81. The minimum Gasteiger partial charge on any atom is -0.490 e. The highest BCUT2D eigenvalue weighted by Gasteiger charge is 2.21. The molecule has 1 N–H and O–H groups in total. The lowest BCUT2D eigenvalue weighted by molar-refractivity contribution is 0.102. The van der Waals surface area contributed by atoms with E-state index in [0.717, 1.165) is 36.0 Å². The molecule has 0 aliphatic carbocycles. The van der Waals surface area contributed by atoms with Crippen molar-refractivity contribution in [2.24, 2.45) is 7.05 Å². The fraction of sp³-hybridized carbons (Fsp3) is 0.292. The van der Waals surface area contributed by atoms with Gasteiger partial charge in [-0.2, -0.15) is 5.10 Å². The Balaban J connectivity index is 1.50. The molecule has 0 atom stereocenters. The van der Waals surface area contributed by atoms with Crippen molar-refractivity contribution in [3.63, 3.8) is 0 Å². The SMILES string of the molecule is CCCn1c(NC(=O)c2cn(C)nc2-c2ccc3c(c2)OCCCO3)nc2ccccc21. The predicted octanol–water partition coefficient (Wildman–Crippen LogP) is 4.26. The van der Waals surface area contributed by atoms with Crippen molar-refractivity contribution in [1.82, 2.24) is 19.3 Å². The van der Waals surface area contributed by atoms with Crippen LogP contribution in [0.4, 0.5) is 5.95 Å². The number of fused-ring (bicyclic) bond motifs is 2. The lowest BCUT2D eigenvalue weighted by atomic mass is 10.1. The van der Waals surface area contributed by atoms with Crippen LogP contribution in [0.3, 0.4) is 0 Å². The van der Waals surface area contributed by atoms with Gasteiger partial charge in [-0.25, -0.2) is 4.98 Å². The summed E-state index contributed by atoms with van der Waals surface area (Å²) in [6.45, 7) is 4.09. The summed E-state index contributed by atoms with van der Waals surface area (Å²) in [5.74, 6) is 1.66. The summed E-state index contributed by atoms with van der Waals surface area (Å²) in [6, 6.07) is 13.5. The van der Waals surface area contributed by atoms with Crippen molar-refractivity contribution < 1.29 is 14.3 Å². The highest BCUT2D eigenvalue weighted by atomic mass is 16.5. The van der Waals surface area contributed by atoms with Crippen LogP contribution < -0.4 is 14.8 Å². The monoisotopic (exact) mass is 431 g/mol. The van der Waals surface area contributed by atoms with Gasteiger partial charge >= 0.3 is 0 Å². The minimum absolute atomic E-state index is 0.257. The number of nitrogens with zero attached hydrogens (tertiary/aromatic N) is 4. The number of aromatic nitrogens is 4. The molecule has 4 aromatic rings. The average Bonchev–Trinajstić information content (AvgIpc) is 3.25. The van der Waals surface area contributed by atoms with Gasteiger partial charge in [-0.05, 0) is 36.8 Å². The van der Waals surface area contributed by atoms with E-state index in [2.05, 4.69) is 22.3 Å². The molecule has 0 radical (unpaired) electrons. The quantitative estimate of drug-likeness (QED) is 0.511. The second kappa shape index (κ2) is 8.37. The number of amides is 1. The van der Waals surface area contributed by atoms with E-state index < -0.39 is 0 Å². The topological polar surface area (TPSA) is 83.2 Å². The fourth-order valence-corrected chi connectivity index (χ4v) is 3.97. The van der Waals surface area contributed by atoms with Crippen LogP contribution in [0.1, 0.15) is 30.1 Å². The summed E-state index contributed by atoms with van der Waals surface area (Å²) in [5.41, 5.74) is 3.70. The summed E-state index contributed by atoms with van der Waals surface area (Å²) < 4.78 is 15.2. The van der Waals surface area contributed by atoms with Crippen LogP contribution in [0.2, 0.25) is 0 Å². The maximum Gasteiger partial charge on any atom is 0.261 e. The Bertz CT molecular complexity index is 1290. The largest absolute Gasteiger partial charge is 0.490 e. The first-order chi connectivity index (χ1) is 15.6. The van der Waals surface area contributed by atoms with Crippen molar-refractivity contribution in [3.05, 3.63) is 54.2 Å². The Labute approximate surface area is 185 Å². The highest BCUT2D eigenvalue weighted by Crippen LogP contribution is 2.35. The second-order valence-electron chi connectivity index (χ2n) is 7.81. The number of rotatable bonds is 5. The summed E-state index contributed by atoms with van der Waals surface area (Å²) >= 11 is 0. The molecule has 1 aliphatic heterocycles. The van der Waals surface area contributed by atoms with Crippen LogP contribution in [0.25, 0.3) is 22.3 Å². The molecule has 0 saturated carbocycles. The number of carbonyl (C=O) groups is 1. The average molecular weight is 431 g/mol. The van der Waals surface area contributed by atoms with Gasteiger partial charge in [0.2, 0.25) is 5.95 Å². The molecule has 2 aromatic carbocycles. The molecule has 0 bridgehead atoms. The molecule has 0 unspecified atom stereocenters. The van der Waals surface area contributed by atoms with E-state index in [0.29, 0.717) is 41.9 Å². The zero-order valence-electron chi connectivity index (χ0n) is 18.2. The van der Waals surface area contributed by atoms with E-state index >= 15 is 0 Å². The molecule has 1 amide bonds. The van der Waals surface area contributed by atoms with Crippen molar-refractivity contribution in [1.29, 1.82) is 0 Å². The molecule has 164 valence electrons. The van der Waals surface area contributed by atoms with E-state index in [-0.39, 0.29) is 5.91 Å². The Kier molecular flexibility index (Phi) is 5.26. The summed E-state index contributed by atoms with van der Waals surface area (Å²) in [6.07, 6.45) is 3.49. The molecule has 5 rings (SSSR count). The van der Waals surface area contributed by atoms with Crippen molar-refractivity contribution >= 4 is 22.9 Å². The van der Waals surface area contributed by atoms with Crippen molar-refractivity contribution in [3.8, 4) is 22.8 Å². The van der Waals surface area contributed by atoms with Gasteiger partial charge in [0.05, 0.1) is 29.8 Å². The van der Waals surface area contributed by atoms with Crippen molar-refractivity contribution in [2.45, 2.75) is 26.3 Å². The van der Waals surface area contributed by atoms with Crippen LogP contribution in [0, 0.1) is 0 Å². The van der Waals surface area contributed by atoms with Crippen molar-refractivity contribution in [2.75, 3.05) is 18.5 Å². The molecule has 0 saturated heterocycles. The zero-order valence-corrected chi connectivity index (χ0v) is 18.2. The van der Waals surface area contributed by atoms with Crippen LogP contribution in [0.15, 0.2) is 48.7 Å². The van der Waals surface area contributed by atoms with Gasteiger partial charge in [-0.3, -0.25) is 14.8 Å². The number of hydrogen-bond donors (Lipinski definition) is 1. The third-order valence-corrected chi connectivity index (χ3v) is 5.42. The van der Waals surface area contributed by atoms with E-state index in [4.69, 9.17) is 9.47 Å². The fourth-order valence-electron chi connectivity index (χ4n) is 3.97. The number of nitrogens with one attached hydrogen (secondary N) is 1. The number of benzene rings is 2. The summed E-state index contributed by atoms with van der Waals surface area (Å²) in [7, 11) is 1.80. The number of anilines is 1. The third-order valence-electron chi connectivity index (χ3n) is 5.42. The molecule has 0 spiro atoms. The molecule has 0 fully saturated rings. The zero-order chi connectivity index (χ0) is 22.1. The number of imidazole rings is 1. The van der Waals surface area contributed by atoms with Crippen LogP contribution in [-0.2, 0) is 13.6 Å². The normalized spacial score (nSPS) is 13.2. The van der Waals surface area contributed by atoms with E-state index in [9.17, 15) is 4.79 Å². The lowest BCUT2D eigenvalue weighted by Gasteiger charge is -2.10. The first-order valence-corrected chi connectivity index (χ1v) is 10.8. The smallest absolute Gasteiger partial charge is 0.261 e. The number of para-hydroxylation sites is 2. The van der Waals surface area contributed by atoms with Gasteiger partial charge in [-0.1, -0.05) is 19.1 Å². The van der Waals surface area contributed by atoms with E-state index in [1.165, 1.54) is 0 Å². The van der Waals surface area contributed by atoms with Gasteiger partial charge in [0.15, 0.2) is 11.5 Å². The van der Waals surface area contributed by atoms with Gasteiger partial charge < -0.3 is 14.0 Å². The Morgan fingerprint density at radius 1 is 1.12 bits per heavy atom. The number of aryl methyl sites for hydroxylation is 2. The van der Waals surface area contributed by atoms with Crippen LogP contribution in [-0.4, -0.2) is 38.5 Å². The molecular formula is C24H25N5O3. The van der Waals surface area contributed by atoms with E-state index in [1.807, 2.05) is 47.0 Å². The highest BCUT2D eigenvalue weighted by molar-refractivity contribution is 6.08. The Morgan fingerprint density at radius 3 is 2.78 bits per heavy atom. The second-order valence-corrected chi connectivity index (χ2v) is 7.81. The maximum atomic E-state index is 13.3. The lowest BCUT2D eigenvalue weighted by Crippen LogP contribution is -2.16. The first-order valence-electron chi connectivity index (χ1n) is 10.8. The molecule has 8 nitrogen and oxygen atoms in total. The molecule has 32 heavy (non-hydrogen) atoms.